The highest BCUT2D eigenvalue weighted by molar-refractivity contribution is 7.90. The molecule has 30 heavy (non-hydrogen) atoms. The van der Waals surface area contributed by atoms with Crippen LogP contribution >= 0.6 is 11.6 Å². The molecule has 0 bridgehead atoms. The van der Waals surface area contributed by atoms with Crippen molar-refractivity contribution in [3.63, 3.8) is 0 Å². The summed E-state index contributed by atoms with van der Waals surface area (Å²) in [7, 11) is -3.34. The van der Waals surface area contributed by atoms with Gasteiger partial charge in [-0.2, -0.15) is 5.26 Å². The van der Waals surface area contributed by atoms with Crippen LogP contribution in [0.2, 0.25) is 5.02 Å². The molecule has 1 fully saturated rings. The van der Waals surface area contributed by atoms with Gasteiger partial charge in [-0.25, -0.2) is 8.42 Å². The molecule has 158 valence electrons. The Kier molecular flexibility index (Phi) is 5.78. The predicted octanol–water partition coefficient (Wildman–Crippen LogP) is 3.08. The largest absolute Gasteiger partial charge is 0.482 e. The minimum absolute atomic E-state index is 0.0351. The zero-order valence-electron chi connectivity index (χ0n) is 16.7. The van der Waals surface area contributed by atoms with Gasteiger partial charge in [0.2, 0.25) is 0 Å². The Bertz CT molecular complexity index is 1110. The van der Waals surface area contributed by atoms with E-state index in [9.17, 15) is 8.42 Å². The third-order valence-electron chi connectivity index (χ3n) is 5.90. The zero-order valence-corrected chi connectivity index (χ0v) is 18.3. The number of piperidine rings is 1. The molecule has 2 N–H and O–H groups in total. The summed E-state index contributed by atoms with van der Waals surface area (Å²) in [5, 5.41) is 9.44. The second-order valence-corrected chi connectivity index (χ2v) is 10.5. The van der Waals surface area contributed by atoms with Crippen molar-refractivity contribution in [2.45, 2.75) is 42.3 Å². The van der Waals surface area contributed by atoms with Crippen LogP contribution in [0, 0.1) is 11.3 Å². The van der Waals surface area contributed by atoms with E-state index in [0.717, 1.165) is 43.5 Å². The van der Waals surface area contributed by atoms with Crippen molar-refractivity contribution in [1.82, 2.24) is 4.90 Å². The molecule has 8 heteroatoms. The Labute approximate surface area is 182 Å². The molecule has 1 aliphatic carbocycles. The Morgan fingerprint density at radius 3 is 2.73 bits per heavy atom. The smallest absolute Gasteiger partial charge is 0.175 e. The Morgan fingerprint density at radius 2 is 2.07 bits per heavy atom. The van der Waals surface area contributed by atoms with Gasteiger partial charge >= 0.3 is 0 Å². The van der Waals surface area contributed by atoms with Gasteiger partial charge < -0.3 is 10.5 Å². The van der Waals surface area contributed by atoms with E-state index in [1.165, 1.54) is 6.26 Å². The van der Waals surface area contributed by atoms with Gasteiger partial charge in [0.25, 0.3) is 0 Å². The number of halogens is 1. The Balaban J connectivity index is 1.73. The molecule has 0 amide bonds. The molecule has 1 aliphatic heterocycles. The van der Waals surface area contributed by atoms with E-state index in [-0.39, 0.29) is 23.1 Å². The van der Waals surface area contributed by atoms with E-state index in [2.05, 4.69) is 11.0 Å². The molecule has 0 aromatic heterocycles. The lowest BCUT2D eigenvalue weighted by atomic mass is 10.0. The van der Waals surface area contributed by atoms with Gasteiger partial charge in [-0.1, -0.05) is 17.7 Å². The van der Waals surface area contributed by atoms with Crippen molar-refractivity contribution < 1.29 is 13.2 Å². The van der Waals surface area contributed by atoms with Crippen molar-refractivity contribution >= 4 is 21.4 Å². The van der Waals surface area contributed by atoms with E-state index < -0.39 is 9.84 Å². The van der Waals surface area contributed by atoms with Crippen molar-refractivity contribution in [2.24, 2.45) is 5.73 Å². The van der Waals surface area contributed by atoms with Crippen LogP contribution in [-0.2, 0) is 16.3 Å². The fourth-order valence-corrected chi connectivity index (χ4v) is 5.28. The van der Waals surface area contributed by atoms with Crippen LogP contribution in [0.1, 0.15) is 35.6 Å². The van der Waals surface area contributed by atoms with E-state index in [4.69, 9.17) is 27.3 Å². The highest BCUT2D eigenvalue weighted by atomic mass is 35.5. The average Bonchev–Trinajstić information content (AvgIpc) is 3.06. The van der Waals surface area contributed by atoms with Crippen molar-refractivity contribution in [3.05, 3.63) is 58.1 Å². The fourth-order valence-electron chi connectivity index (χ4n) is 4.40. The first kappa shape index (κ1) is 21.1. The first-order valence-corrected chi connectivity index (χ1v) is 12.2. The molecule has 0 unspecified atom stereocenters. The quantitative estimate of drug-likeness (QED) is 0.776. The third kappa shape index (κ3) is 4.19. The van der Waals surface area contributed by atoms with Crippen molar-refractivity contribution in [3.8, 4) is 11.8 Å². The number of benzene rings is 2. The topological polar surface area (TPSA) is 96.4 Å². The lowest BCUT2D eigenvalue weighted by Gasteiger charge is -2.38. The zero-order chi connectivity index (χ0) is 21.5. The molecule has 1 saturated heterocycles. The van der Waals surface area contributed by atoms with Crippen LogP contribution in [0.4, 0.5) is 0 Å². The summed E-state index contributed by atoms with van der Waals surface area (Å²) in [6.07, 6.45) is 3.61. The maximum atomic E-state index is 12.1. The lowest BCUT2D eigenvalue weighted by Crippen LogP contribution is -2.49. The van der Waals surface area contributed by atoms with Gasteiger partial charge in [0.15, 0.2) is 9.84 Å². The normalized spacial score (nSPS) is 24.3. The number of fused-ring (bicyclic) bond motifs is 1. The van der Waals surface area contributed by atoms with Crippen LogP contribution in [0.5, 0.6) is 5.75 Å². The van der Waals surface area contributed by atoms with E-state index in [1.807, 2.05) is 6.07 Å². The maximum Gasteiger partial charge on any atom is 0.175 e. The van der Waals surface area contributed by atoms with Gasteiger partial charge in [0.05, 0.1) is 27.6 Å². The van der Waals surface area contributed by atoms with Gasteiger partial charge in [0.1, 0.15) is 11.9 Å². The van der Waals surface area contributed by atoms with Gasteiger partial charge in [-0.05, 0) is 67.3 Å². The molecule has 6 nitrogen and oxygen atoms in total. The van der Waals surface area contributed by atoms with E-state index in [1.54, 1.807) is 30.3 Å². The Hall–Kier alpha value is -2.11. The number of hydrogen-bond donors (Lipinski definition) is 1. The van der Waals surface area contributed by atoms with E-state index >= 15 is 0 Å². The summed E-state index contributed by atoms with van der Waals surface area (Å²) in [6, 6.07) is 12.4. The number of likely N-dealkylation sites (tertiary alicyclic amines) is 1. The average molecular weight is 446 g/mol. The fraction of sp³-hybridized carbons (Fsp3) is 0.409. The molecule has 4 rings (SSSR count). The van der Waals surface area contributed by atoms with Crippen LogP contribution in [0.3, 0.4) is 0 Å². The minimum atomic E-state index is -3.34. The number of rotatable bonds is 4. The summed E-state index contributed by atoms with van der Waals surface area (Å²) >= 11 is 6.37. The highest BCUT2D eigenvalue weighted by Gasteiger charge is 2.40. The second-order valence-electron chi connectivity index (χ2n) is 8.10. The Morgan fingerprint density at radius 1 is 1.27 bits per heavy atom. The molecular weight excluding hydrogens is 422 g/mol. The number of hydrogen-bond acceptors (Lipinski definition) is 6. The molecular formula is C22H24ClN3O3S. The summed E-state index contributed by atoms with van der Waals surface area (Å²) < 4.78 is 30.6. The number of sulfone groups is 1. The van der Waals surface area contributed by atoms with Gasteiger partial charge in [-0.3, -0.25) is 4.90 Å². The molecule has 0 spiro atoms. The first-order valence-electron chi connectivity index (χ1n) is 9.95. The monoisotopic (exact) mass is 445 g/mol. The number of nitrogens with zero attached hydrogens (tertiary/aromatic N) is 2. The molecule has 2 aromatic carbocycles. The molecule has 0 radical (unpaired) electrons. The lowest BCUT2D eigenvalue weighted by molar-refractivity contribution is 0.0593. The standard InChI is InChI=1S/C22H24ClN3O3S/c1-30(27,28)17-6-5-15-10-20(26-8-2-3-16(25)13-26)22(18(15)11-17)29-21-7-4-14(12-24)9-19(21)23/h4-7,9,11,16,20,22H,2-3,8,10,13,25H2,1H3/t16-,20-,22-/m1/s1. The van der Waals surface area contributed by atoms with Crippen LogP contribution < -0.4 is 10.5 Å². The minimum Gasteiger partial charge on any atom is -0.482 e. The van der Waals surface area contributed by atoms with Gasteiger partial charge in [-0.15, -0.1) is 0 Å². The van der Waals surface area contributed by atoms with Crippen molar-refractivity contribution in [1.29, 1.82) is 5.26 Å². The van der Waals surface area contributed by atoms with E-state index in [0.29, 0.717) is 16.3 Å². The molecule has 2 aromatic rings. The molecule has 3 atom stereocenters. The third-order valence-corrected chi connectivity index (χ3v) is 7.31. The first-order chi connectivity index (χ1) is 14.3. The second kappa shape index (κ2) is 8.20. The van der Waals surface area contributed by atoms with Crippen LogP contribution in [0.15, 0.2) is 41.3 Å². The maximum absolute atomic E-state index is 12.1. The summed E-state index contributed by atoms with van der Waals surface area (Å²) in [6.45, 7) is 1.70. The summed E-state index contributed by atoms with van der Waals surface area (Å²) in [5.74, 6) is 0.476. The number of nitrogens with two attached hydrogens (primary N) is 1. The number of ether oxygens (including phenoxy) is 1. The SMILES string of the molecule is CS(=O)(=O)c1ccc2c(c1)[C@@H](Oc1ccc(C#N)cc1Cl)[C@H](N1CCC[C@@H](N)C1)C2. The van der Waals surface area contributed by atoms with Crippen LogP contribution in [0.25, 0.3) is 0 Å². The number of nitriles is 1. The van der Waals surface area contributed by atoms with Crippen molar-refractivity contribution in [2.75, 3.05) is 19.3 Å². The summed E-state index contributed by atoms with van der Waals surface area (Å²) in [4.78, 5) is 2.62. The molecule has 1 heterocycles. The molecule has 0 saturated carbocycles. The highest BCUT2D eigenvalue weighted by Crippen LogP contribution is 2.41. The molecule has 2 aliphatic rings. The predicted molar refractivity (Wildman–Crippen MR) is 115 cm³/mol. The van der Waals surface area contributed by atoms with Crippen LogP contribution in [-0.4, -0.2) is 44.7 Å². The van der Waals surface area contributed by atoms with Gasteiger partial charge in [0, 0.05) is 18.8 Å². The summed E-state index contributed by atoms with van der Waals surface area (Å²) in [5.41, 5.74) is 8.61.